The lowest BCUT2D eigenvalue weighted by Crippen LogP contribution is -2.33. The molecule has 1 aliphatic rings. The molecule has 1 aromatic rings. The van der Waals surface area contributed by atoms with Crippen LogP contribution in [-0.4, -0.2) is 48.8 Å². The Hall–Kier alpha value is -1.75. The van der Waals surface area contributed by atoms with E-state index in [1.807, 2.05) is 12.1 Å². The van der Waals surface area contributed by atoms with Gasteiger partial charge in [0, 0.05) is 38.1 Å². The van der Waals surface area contributed by atoms with E-state index in [0.29, 0.717) is 13.0 Å². The average Bonchev–Trinajstić information content (AvgIpc) is 2.54. The molecule has 0 spiro atoms. The average molecular weight is 305 g/mol. The second kappa shape index (κ2) is 8.03. The zero-order valence-corrected chi connectivity index (χ0v) is 13.6. The van der Waals surface area contributed by atoms with Crippen LogP contribution in [0, 0.1) is 0 Å². The highest BCUT2D eigenvalue weighted by molar-refractivity contribution is 5.89. The third-order valence-electron chi connectivity index (χ3n) is 4.07. The van der Waals surface area contributed by atoms with Crippen molar-refractivity contribution < 1.29 is 9.90 Å². The van der Waals surface area contributed by atoms with Crippen LogP contribution in [0.15, 0.2) is 24.3 Å². The Balaban J connectivity index is 1.86. The summed E-state index contributed by atoms with van der Waals surface area (Å²) in [6.07, 6.45) is 4.03. The largest absolute Gasteiger partial charge is 0.393 e. The fourth-order valence-electron chi connectivity index (χ4n) is 2.61. The predicted molar refractivity (Wildman–Crippen MR) is 90.5 cm³/mol. The fourth-order valence-corrected chi connectivity index (χ4v) is 2.61. The van der Waals surface area contributed by atoms with E-state index < -0.39 is 0 Å². The molecule has 0 bridgehead atoms. The van der Waals surface area contributed by atoms with E-state index in [-0.39, 0.29) is 12.1 Å². The number of nitrogens with zero attached hydrogens (tertiary/aromatic N) is 2. The summed E-state index contributed by atoms with van der Waals surface area (Å²) in [4.78, 5) is 16.0. The summed E-state index contributed by atoms with van der Waals surface area (Å²) in [5, 5.41) is 12.1. The molecule has 22 heavy (non-hydrogen) atoms. The zero-order chi connectivity index (χ0) is 15.9. The lowest BCUT2D eigenvalue weighted by atomic mass is 10.1. The number of aliphatic hydroxyl groups is 1. The van der Waals surface area contributed by atoms with Crippen molar-refractivity contribution in [3.63, 3.8) is 0 Å². The molecule has 5 heteroatoms. The van der Waals surface area contributed by atoms with Gasteiger partial charge in [-0.25, -0.2) is 4.79 Å². The van der Waals surface area contributed by atoms with Crippen LogP contribution in [-0.2, 0) is 0 Å². The molecule has 1 aromatic carbocycles. The van der Waals surface area contributed by atoms with Gasteiger partial charge < -0.3 is 20.2 Å². The highest BCUT2D eigenvalue weighted by atomic mass is 16.3. The molecule has 1 fully saturated rings. The van der Waals surface area contributed by atoms with E-state index in [1.165, 1.54) is 24.9 Å². The van der Waals surface area contributed by atoms with Crippen molar-refractivity contribution in [3.8, 4) is 0 Å². The lowest BCUT2D eigenvalue weighted by Gasteiger charge is -2.29. The summed E-state index contributed by atoms with van der Waals surface area (Å²) >= 11 is 0. The first-order valence-electron chi connectivity index (χ1n) is 8.11. The van der Waals surface area contributed by atoms with Gasteiger partial charge >= 0.3 is 6.03 Å². The number of rotatable bonds is 5. The molecule has 122 valence electrons. The molecular weight excluding hydrogens is 278 g/mol. The van der Waals surface area contributed by atoms with Crippen LogP contribution < -0.4 is 10.2 Å². The van der Waals surface area contributed by atoms with Crippen LogP contribution in [0.5, 0.6) is 0 Å². The van der Waals surface area contributed by atoms with Crippen molar-refractivity contribution in [1.29, 1.82) is 0 Å². The van der Waals surface area contributed by atoms with Crippen LogP contribution in [0.25, 0.3) is 0 Å². The number of urea groups is 1. The smallest absolute Gasteiger partial charge is 0.321 e. The molecule has 0 aromatic heterocycles. The Morgan fingerprint density at radius 2 is 1.91 bits per heavy atom. The highest BCUT2D eigenvalue weighted by Gasteiger charge is 2.12. The van der Waals surface area contributed by atoms with Gasteiger partial charge in [0.25, 0.3) is 0 Å². The maximum atomic E-state index is 12.0. The number of aliphatic hydroxyl groups excluding tert-OH is 1. The van der Waals surface area contributed by atoms with Crippen molar-refractivity contribution >= 4 is 17.4 Å². The maximum Gasteiger partial charge on any atom is 0.321 e. The van der Waals surface area contributed by atoms with Gasteiger partial charge in [-0.1, -0.05) is 0 Å². The second-order valence-electron chi connectivity index (χ2n) is 6.08. The van der Waals surface area contributed by atoms with Crippen molar-refractivity contribution in [3.05, 3.63) is 24.3 Å². The van der Waals surface area contributed by atoms with Gasteiger partial charge in [-0.05, 0) is 56.9 Å². The number of anilines is 2. The molecule has 2 amide bonds. The number of hydrogen-bond acceptors (Lipinski definition) is 3. The molecule has 0 saturated carbocycles. The van der Waals surface area contributed by atoms with Gasteiger partial charge in [-0.3, -0.25) is 0 Å². The standard InChI is InChI=1S/C17H27N3O2/c1-14(21)10-13-19(2)17(22)18-15-6-8-16(9-7-15)20-11-4-3-5-12-20/h6-9,14,21H,3-5,10-13H2,1-2H3,(H,18,22). The third kappa shape index (κ3) is 4.91. The van der Waals surface area contributed by atoms with Gasteiger partial charge in [0.1, 0.15) is 0 Å². The van der Waals surface area contributed by atoms with Crippen molar-refractivity contribution in [1.82, 2.24) is 4.90 Å². The van der Waals surface area contributed by atoms with Crippen LogP contribution in [0.3, 0.4) is 0 Å². The first-order chi connectivity index (χ1) is 10.6. The topological polar surface area (TPSA) is 55.8 Å². The predicted octanol–water partition coefficient (Wildman–Crippen LogP) is 2.91. The molecule has 2 rings (SSSR count). The Kier molecular flexibility index (Phi) is 6.07. The van der Waals surface area contributed by atoms with E-state index in [9.17, 15) is 9.90 Å². The Morgan fingerprint density at radius 1 is 1.27 bits per heavy atom. The summed E-state index contributed by atoms with van der Waals surface area (Å²) in [6, 6.07) is 7.88. The quantitative estimate of drug-likeness (QED) is 0.879. The molecule has 1 aliphatic heterocycles. The molecule has 2 N–H and O–H groups in total. The number of carbonyl (C=O) groups is 1. The van der Waals surface area contributed by atoms with Gasteiger partial charge in [-0.15, -0.1) is 0 Å². The summed E-state index contributed by atoms with van der Waals surface area (Å²) < 4.78 is 0. The van der Waals surface area contributed by atoms with Crippen molar-refractivity contribution in [2.24, 2.45) is 0 Å². The maximum absolute atomic E-state index is 12.0. The molecule has 1 atom stereocenters. The molecule has 0 aliphatic carbocycles. The second-order valence-corrected chi connectivity index (χ2v) is 6.08. The minimum absolute atomic E-state index is 0.147. The van der Waals surface area contributed by atoms with Crippen molar-refractivity contribution in [2.45, 2.75) is 38.7 Å². The van der Waals surface area contributed by atoms with Crippen LogP contribution in [0.2, 0.25) is 0 Å². The number of amides is 2. The number of hydrogen-bond donors (Lipinski definition) is 2. The van der Waals surface area contributed by atoms with Crippen LogP contribution in [0.1, 0.15) is 32.6 Å². The minimum Gasteiger partial charge on any atom is -0.393 e. The molecule has 0 radical (unpaired) electrons. The van der Waals surface area contributed by atoms with Crippen LogP contribution >= 0.6 is 0 Å². The summed E-state index contributed by atoms with van der Waals surface area (Å²) in [5.74, 6) is 0. The molecule has 1 unspecified atom stereocenters. The highest BCUT2D eigenvalue weighted by Crippen LogP contribution is 2.21. The lowest BCUT2D eigenvalue weighted by molar-refractivity contribution is 0.167. The summed E-state index contributed by atoms with van der Waals surface area (Å²) in [5.41, 5.74) is 2.02. The first-order valence-corrected chi connectivity index (χ1v) is 8.11. The first kappa shape index (κ1) is 16.6. The van der Waals surface area contributed by atoms with E-state index >= 15 is 0 Å². The van der Waals surface area contributed by atoms with Crippen molar-refractivity contribution in [2.75, 3.05) is 36.9 Å². The van der Waals surface area contributed by atoms with E-state index in [4.69, 9.17) is 0 Å². The molecule has 1 heterocycles. The Labute approximate surface area is 132 Å². The van der Waals surface area contributed by atoms with Gasteiger partial charge in [-0.2, -0.15) is 0 Å². The zero-order valence-electron chi connectivity index (χ0n) is 13.6. The Bertz CT molecular complexity index is 467. The summed E-state index contributed by atoms with van der Waals surface area (Å²) in [6.45, 7) is 4.50. The van der Waals surface area contributed by atoms with E-state index in [0.717, 1.165) is 18.8 Å². The van der Waals surface area contributed by atoms with Crippen LogP contribution in [0.4, 0.5) is 16.2 Å². The van der Waals surface area contributed by atoms with E-state index in [1.54, 1.807) is 18.9 Å². The summed E-state index contributed by atoms with van der Waals surface area (Å²) in [7, 11) is 1.74. The van der Waals surface area contributed by atoms with Gasteiger partial charge in [0.15, 0.2) is 0 Å². The number of piperidine rings is 1. The van der Waals surface area contributed by atoms with E-state index in [2.05, 4.69) is 22.3 Å². The number of nitrogens with one attached hydrogen (secondary N) is 1. The normalized spacial score (nSPS) is 16.2. The molecule has 1 saturated heterocycles. The van der Waals surface area contributed by atoms with Gasteiger partial charge in [0.05, 0.1) is 6.10 Å². The fraction of sp³-hybridized carbons (Fsp3) is 0.588. The molecular formula is C17H27N3O2. The number of benzene rings is 1. The third-order valence-corrected chi connectivity index (χ3v) is 4.07. The SMILES string of the molecule is CC(O)CCN(C)C(=O)Nc1ccc(N2CCCCC2)cc1. The van der Waals surface area contributed by atoms with Gasteiger partial charge in [0.2, 0.25) is 0 Å². The molecule has 5 nitrogen and oxygen atoms in total. The number of carbonyl (C=O) groups excluding carboxylic acids is 1. The minimum atomic E-state index is -0.390. The Morgan fingerprint density at radius 3 is 2.50 bits per heavy atom. The monoisotopic (exact) mass is 305 g/mol.